The first-order valence-electron chi connectivity index (χ1n) is 5.44. The summed E-state index contributed by atoms with van der Waals surface area (Å²) in [5.74, 6) is 1.33. The van der Waals surface area contributed by atoms with Crippen LogP contribution in [0.3, 0.4) is 0 Å². The van der Waals surface area contributed by atoms with Gasteiger partial charge in [-0.05, 0) is 18.2 Å². The summed E-state index contributed by atoms with van der Waals surface area (Å²) in [6.45, 7) is 0.423. The van der Waals surface area contributed by atoms with Gasteiger partial charge in [-0.3, -0.25) is 4.79 Å². The molecule has 0 saturated carbocycles. The molecule has 0 bridgehead atoms. The van der Waals surface area contributed by atoms with Gasteiger partial charge in [0.1, 0.15) is 11.5 Å². The third-order valence-corrected chi connectivity index (χ3v) is 2.47. The zero-order valence-electron chi connectivity index (χ0n) is 10.4. The van der Waals surface area contributed by atoms with Crippen LogP contribution in [0, 0.1) is 0 Å². The lowest BCUT2D eigenvalue weighted by Gasteiger charge is -2.09. The summed E-state index contributed by atoms with van der Waals surface area (Å²) in [5, 5.41) is 2.74. The predicted molar refractivity (Wildman–Crippen MR) is 71.7 cm³/mol. The van der Waals surface area contributed by atoms with Crippen molar-refractivity contribution in [3.05, 3.63) is 35.9 Å². The number of methoxy groups -OCH3 is 2. The topological polar surface area (TPSA) is 47.6 Å². The van der Waals surface area contributed by atoms with Crippen molar-refractivity contribution in [1.82, 2.24) is 5.32 Å². The number of hydrogen-bond donors (Lipinski definition) is 1. The van der Waals surface area contributed by atoms with Gasteiger partial charge in [-0.2, -0.15) is 0 Å². The van der Waals surface area contributed by atoms with Gasteiger partial charge >= 0.3 is 0 Å². The van der Waals surface area contributed by atoms with Crippen molar-refractivity contribution in [2.45, 2.75) is 0 Å². The van der Waals surface area contributed by atoms with Gasteiger partial charge in [0.2, 0.25) is 0 Å². The van der Waals surface area contributed by atoms with E-state index in [4.69, 9.17) is 21.1 Å². The molecule has 1 rings (SSSR count). The van der Waals surface area contributed by atoms with E-state index in [2.05, 4.69) is 5.32 Å². The highest BCUT2D eigenvalue weighted by atomic mass is 35.5. The Labute approximate surface area is 112 Å². The van der Waals surface area contributed by atoms with E-state index >= 15 is 0 Å². The molecule has 0 aliphatic heterocycles. The number of nitrogens with one attached hydrogen (secondary N) is 1. The van der Waals surface area contributed by atoms with Crippen LogP contribution in [0.2, 0.25) is 0 Å². The van der Waals surface area contributed by atoms with Crippen molar-refractivity contribution < 1.29 is 14.3 Å². The number of benzene rings is 1. The molecule has 0 heterocycles. The van der Waals surface area contributed by atoms with Crippen molar-refractivity contribution in [1.29, 1.82) is 0 Å². The summed E-state index contributed by atoms with van der Waals surface area (Å²) in [4.78, 5) is 11.9. The van der Waals surface area contributed by atoms with E-state index < -0.39 is 0 Å². The number of allylic oxidation sites excluding steroid dienone is 1. The smallest absolute Gasteiger partial charge is 0.255 e. The summed E-state index contributed by atoms with van der Waals surface area (Å²) in [6.07, 6.45) is 3.56. The first-order chi connectivity index (χ1) is 8.72. The minimum absolute atomic E-state index is 0.218. The third kappa shape index (κ3) is 3.96. The second kappa shape index (κ2) is 7.61. The fourth-order valence-electron chi connectivity index (χ4n) is 1.38. The summed E-state index contributed by atoms with van der Waals surface area (Å²) in [7, 11) is 3.07. The van der Waals surface area contributed by atoms with Crippen LogP contribution in [0.25, 0.3) is 0 Å². The molecule has 0 atom stereocenters. The monoisotopic (exact) mass is 269 g/mol. The van der Waals surface area contributed by atoms with Crippen molar-refractivity contribution in [3.63, 3.8) is 0 Å². The van der Waals surface area contributed by atoms with E-state index in [1.54, 1.807) is 37.5 Å². The van der Waals surface area contributed by atoms with Gasteiger partial charge in [-0.15, -0.1) is 11.6 Å². The first-order valence-corrected chi connectivity index (χ1v) is 5.97. The molecule has 0 spiro atoms. The Morgan fingerprint density at radius 3 is 2.72 bits per heavy atom. The zero-order valence-corrected chi connectivity index (χ0v) is 11.2. The number of hydrogen-bond acceptors (Lipinski definition) is 3. The van der Waals surface area contributed by atoms with Crippen LogP contribution < -0.4 is 14.8 Å². The lowest BCUT2D eigenvalue weighted by molar-refractivity contribution is 0.0954. The third-order valence-electron chi connectivity index (χ3n) is 2.29. The Balaban J connectivity index is 2.79. The van der Waals surface area contributed by atoms with E-state index in [9.17, 15) is 4.79 Å². The van der Waals surface area contributed by atoms with Crippen LogP contribution in [0.4, 0.5) is 0 Å². The maximum absolute atomic E-state index is 11.9. The molecule has 5 heteroatoms. The first kappa shape index (κ1) is 14.4. The average molecular weight is 270 g/mol. The molecule has 0 saturated heterocycles. The van der Waals surface area contributed by atoms with E-state index in [-0.39, 0.29) is 5.91 Å². The summed E-state index contributed by atoms with van der Waals surface area (Å²) < 4.78 is 10.2. The number of halogens is 1. The average Bonchev–Trinajstić information content (AvgIpc) is 2.42. The molecular formula is C13H16ClNO3. The molecule has 18 heavy (non-hydrogen) atoms. The zero-order chi connectivity index (χ0) is 13.4. The maximum Gasteiger partial charge on any atom is 0.255 e. The lowest BCUT2D eigenvalue weighted by Crippen LogP contribution is -2.23. The minimum atomic E-state index is -0.218. The Kier molecular flexibility index (Phi) is 6.08. The number of amides is 1. The van der Waals surface area contributed by atoms with Crippen LogP contribution in [0.5, 0.6) is 11.5 Å². The largest absolute Gasteiger partial charge is 0.497 e. The fraction of sp³-hybridized carbons (Fsp3) is 0.308. The second-order valence-corrected chi connectivity index (χ2v) is 3.71. The molecular weight excluding hydrogens is 254 g/mol. The molecule has 1 amide bonds. The summed E-state index contributed by atoms with van der Waals surface area (Å²) in [5.41, 5.74) is 0.441. The highest BCUT2D eigenvalue weighted by molar-refractivity contribution is 6.18. The van der Waals surface area contributed by atoms with Gasteiger partial charge < -0.3 is 14.8 Å². The fourth-order valence-corrected chi connectivity index (χ4v) is 1.51. The molecule has 0 unspecified atom stereocenters. The number of carbonyl (C=O) groups is 1. The van der Waals surface area contributed by atoms with Crippen molar-refractivity contribution in [3.8, 4) is 11.5 Å². The Morgan fingerprint density at radius 2 is 2.11 bits per heavy atom. The van der Waals surface area contributed by atoms with E-state index in [0.29, 0.717) is 29.5 Å². The van der Waals surface area contributed by atoms with Gasteiger partial charge in [0.15, 0.2) is 0 Å². The van der Waals surface area contributed by atoms with Crippen molar-refractivity contribution in [2.24, 2.45) is 0 Å². The molecule has 98 valence electrons. The molecule has 1 aromatic carbocycles. The highest BCUT2D eigenvalue weighted by Gasteiger charge is 2.12. The Hall–Kier alpha value is -1.68. The molecule has 4 nitrogen and oxygen atoms in total. The van der Waals surface area contributed by atoms with Crippen molar-refractivity contribution in [2.75, 3.05) is 26.6 Å². The van der Waals surface area contributed by atoms with Gasteiger partial charge in [-0.1, -0.05) is 12.2 Å². The van der Waals surface area contributed by atoms with Gasteiger partial charge in [-0.25, -0.2) is 0 Å². The molecule has 0 radical (unpaired) electrons. The van der Waals surface area contributed by atoms with Crippen LogP contribution in [-0.2, 0) is 0 Å². The number of rotatable bonds is 6. The molecule has 0 aliphatic rings. The standard InChI is InChI=1S/C13H16ClNO3/c1-17-10-5-6-12(18-2)11(9-10)13(16)15-8-4-3-7-14/h3-6,9H,7-8H2,1-2H3,(H,15,16)/b4-3+. The number of ether oxygens (including phenoxy) is 2. The second-order valence-electron chi connectivity index (χ2n) is 3.40. The highest BCUT2D eigenvalue weighted by Crippen LogP contribution is 2.23. The summed E-state index contributed by atoms with van der Waals surface area (Å²) >= 11 is 5.49. The SMILES string of the molecule is COc1ccc(OC)c(C(=O)NC/C=C/CCl)c1. The minimum Gasteiger partial charge on any atom is -0.497 e. The Bertz CT molecular complexity index is 432. The van der Waals surface area contributed by atoms with Crippen LogP contribution in [-0.4, -0.2) is 32.6 Å². The molecule has 0 aromatic heterocycles. The van der Waals surface area contributed by atoms with Gasteiger partial charge in [0, 0.05) is 12.4 Å². The van der Waals surface area contributed by atoms with E-state index in [0.717, 1.165) is 0 Å². The molecule has 1 aromatic rings. The van der Waals surface area contributed by atoms with Crippen LogP contribution in [0.15, 0.2) is 30.4 Å². The lowest BCUT2D eigenvalue weighted by atomic mass is 10.1. The number of alkyl halides is 1. The Morgan fingerprint density at radius 1 is 1.33 bits per heavy atom. The van der Waals surface area contributed by atoms with Gasteiger partial charge in [0.25, 0.3) is 5.91 Å². The maximum atomic E-state index is 11.9. The molecule has 0 aliphatic carbocycles. The summed E-state index contributed by atoms with van der Waals surface area (Å²) in [6, 6.07) is 5.07. The quantitative estimate of drug-likeness (QED) is 0.636. The molecule has 0 fully saturated rings. The van der Waals surface area contributed by atoms with Gasteiger partial charge in [0.05, 0.1) is 19.8 Å². The van der Waals surface area contributed by atoms with E-state index in [1.165, 1.54) is 7.11 Å². The van der Waals surface area contributed by atoms with E-state index in [1.807, 2.05) is 0 Å². The number of carbonyl (C=O) groups excluding carboxylic acids is 1. The normalized spacial score (nSPS) is 10.4. The van der Waals surface area contributed by atoms with Crippen LogP contribution in [0.1, 0.15) is 10.4 Å². The predicted octanol–water partition coefficient (Wildman–Crippen LogP) is 2.23. The molecule has 1 N–H and O–H groups in total. The van der Waals surface area contributed by atoms with Crippen molar-refractivity contribution >= 4 is 17.5 Å². The van der Waals surface area contributed by atoms with Crippen LogP contribution >= 0.6 is 11.6 Å².